The number of carbonyl (C=O) groups is 1. The van der Waals surface area contributed by atoms with Gasteiger partial charge in [-0.15, -0.1) is 0 Å². The second-order valence-electron chi connectivity index (χ2n) is 13.4. The molecule has 1 N–H and O–H groups in total. The summed E-state index contributed by atoms with van der Waals surface area (Å²) in [4.78, 5) is 14.1. The number of rotatable bonds is 4. The molecular weight excluding hydrogens is 525 g/mol. The zero-order chi connectivity index (χ0) is 27.1. The Bertz CT molecular complexity index is 1480. The number of nitrogens with zero attached hydrogens (tertiary/aromatic N) is 2. The number of fused-ring (bicyclic) bond motifs is 5. The van der Waals surface area contributed by atoms with Crippen LogP contribution in [-0.4, -0.2) is 21.7 Å². The van der Waals surface area contributed by atoms with Crippen LogP contribution in [0.2, 0.25) is 10.0 Å². The van der Waals surface area contributed by atoms with E-state index in [0.29, 0.717) is 34.0 Å². The Labute approximate surface area is 241 Å². The first-order valence-electron chi connectivity index (χ1n) is 14.7. The molecule has 0 spiro atoms. The lowest BCUT2D eigenvalue weighted by molar-refractivity contribution is 0.0732. The number of hydrogen-bond donors (Lipinski definition) is 1. The molecule has 0 radical (unpaired) electrons. The number of aromatic nitrogens is 2. The minimum Gasteiger partial charge on any atom is -0.347 e. The summed E-state index contributed by atoms with van der Waals surface area (Å²) in [7, 11) is 0. The van der Waals surface area contributed by atoms with Gasteiger partial charge in [0, 0.05) is 28.6 Å². The molecule has 39 heavy (non-hydrogen) atoms. The van der Waals surface area contributed by atoms with E-state index >= 15 is 0 Å². The molecule has 6 heteroatoms. The van der Waals surface area contributed by atoms with Crippen LogP contribution in [0.4, 0.5) is 0 Å². The predicted molar refractivity (Wildman–Crippen MR) is 158 cm³/mol. The second kappa shape index (κ2) is 9.11. The molecule has 204 valence electrons. The molecule has 4 aliphatic carbocycles. The van der Waals surface area contributed by atoms with E-state index in [1.54, 1.807) is 6.07 Å². The van der Waals surface area contributed by atoms with E-state index < -0.39 is 0 Å². The molecule has 1 aromatic heterocycles. The highest BCUT2D eigenvalue weighted by Crippen LogP contribution is 2.62. The Morgan fingerprint density at radius 3 is 2.54 bits per heavy atom. The van der Waals surface area contributed by atoms with Crippen LogP contribution in [0, 0.1) is 16.7 Å². The van der Waals surface area contributed by atoms with Gasteiger partial charge in [-0.05, 0) is 84.1 Å². The van der Waals surface area contributed by atoms with Crippen LogP contribution in [0.3, 0.4) is 0 Å². The average molecular weight is 563 g/mol. The maximum atomic E-state index is 14.1. The monoisotopic (exact) mass is 561 g/mol. The zero-order valence-electron chi connectivity index (χ0n) is 23.1. The molecule has 2 unspecified atom stereocenters. The lowest BCUT2D eigenvalue weighted by Gasteiger charge is -2.43. The predicted octanol–water partition coefficient (Wildman–Crippen LogP) is 8.74. The van der Waals surface area contributed by atoms with Gasteiger partial charge in [0.15, 0.2) is 5.69 Å². The van der Waals surface area contributed by atoms with Gasteiger partial charge in [0.05, 0.1) is 16.4 Å². The van der Waals surface area contributed by atoms with Gasteiger partial charge in [-0.25, -0.2) is 4.68 Å². The van der Waals surface area contributed by atoms with Crippen LogP contribution < -0.4 is 5.32 Å². The first-order valence-corrected chi connectivity index (χ1v) is 15.4. The number of amides is 1. The van der Waals surface area contributed by atoms with Gasteiger partial charge in [-0.3, -0.25) is 4.79 Å². The van der Waals surface area contributed by atoms with E-state index in [-0.39, 0.29) is 22.8 Å². The lowest BCUT2D eigenvalue weighted by atomic mass is 9.68. The van der Waals surface area contributed by atoms with Gasteiger partial charge in [-0.1, -0.05) is 81.4 Å². The summed E-state index contributed by atoms with van der Waals surface area (Å²) in [6.45, 7) is 7.00. The third kappa shape index (κ3) is 4.00. The number of halogens is 2. The average Bonchev–Trinajstić information content (AvgIpc) is 3.63. The first-order chi connectivity index (χ1) is 18.7. The first kappa shape index (κ1) is 25.7. The summed E-state index contributed by atoms with van der Waals surface area (Å²) < 4.78 is 1.88. The number of nitrogens with one attached hydrogen (secondary N) is 1. The highest BCUT2D eigenvalue weighted by Gasteiger charge is 2.60. The zero-order valence-corrected chi connectivity index (χ0v) is 24.6. The molecule has 3 atom stereocenters. The maximum absolute atomic E-state index is 14.1. The fourth-order valence-electron chi connectivity index (χ4n) is 8.64. The van der Waals surface area contributed by atoms with Crippen molar-refractivity contribution in [3.8, 4) is 16.9 Å². The summed E-state index contributed by atoms with van der Waals surface area (Å²) in [5.41, 5.74) is 7.33. The van der Waals surface area contributed by atoms with E-state index in [1.807, 2.05) is 16.8 Å². The number of carbonyl (C=O) groups excluding carboxylic acids is 1. The number of hydrogen-bond acceptors (Lipinski definition) is 2. The van der Waals surface area contributed by atoms with Gasteiger partial charge >= 0.3 is 0 Å². The molecule has 1 heterocycles. The van der Waals surface area contributed by atoms with Crippen molar-refractivity contribution in [2.75, 3.05) is 0 Å². The van der Waals surface area contributed by atoms with Crippen molar-refractivity contribution >= 4 is 29.1 Å². The van der Waals surface area contributed by atoms with Crippen LogP contribution in [0.1, 0.15) is 105 Å². The Hall–Kier alpha value is -2.30. The van der Waals surface area contributed by atoms with Gasteiger partial charge in [0.1, 0.15) is 0 Å². The fraction of sp³-hybridized carbons (Fsp3) is 0.515. The van der Waals surface area contributed by atoms with E-state index in [4.69, 9.17) is 28.3 Å². The molecule has 2 bridgehead atoms. The normalized spacial score (nSPS) is 27.0. The van der Waals surface area contributed by atoms with Crippen molar-refractivity contribution in [2.45, 2.75) is 90.5 Å². The van der Waals surface area contributed by atoms with Crippen molar-refractivity contribution in [1.29, 1.82) is 0 Å². The van der Waals surface area contributed by atoms with Crippen LogP contribution >= 0.6 is 23.2 Å². The summed E-state index contributed by atoms with van der Waals surface area (Å²) in [6, 6.07) is 12.5. The van der Waals surface area contributed by atoms with Crippen molar-refractivity contribution in [1.82, 2.24) is 15.1 Å². The van der Waals surface area contributed by atoms with E-state index in [2.05, 4.69) is 44.3 Å². The maximum Gasteiger partial charge on any atom is 0.272 e. The largest absolute Gasteiger partial charge is 0.347 e. The smallest absolute Gasteiger partial charge is 0.272 e. The summed E-state index contributed by atoms with van der Waals surface area (Å²) >= 11 is 12.9. The molecular formula is C33H37Cl2N3O. The SMILES string of the molecule is CC1(C)C2CC[C@@](C)(C2)C1NC(=O)c1nn(-c2ccc(Cl)cc2Cl)c2c1Cc1cc(C3CCCCC3)ccc1-2. The Kier molecular flexibility index (Phi) is 5.99. The molecule has 0 saturated heterocycles. The summed E-state index contributed by atoms with van der Waals surface area (Å²) in [5, 5.41) is 9.55. The second-order valence-corrected chi connectivity index (χ2v) is 14.3. The highest BCUT2D eigenvalue weighted by atomic mass is 35.5. The van der Waals surface area contributed by atoms with Crippen molar-refractivity contribution in [3.05, 3.63) is 68.8 Å². The van der Waals surface area contributed by atoms with Crippen molar-refractivity contribution in [2.24, 2.45) is 16.7 Å². The molecule has 4 aliphatic rings. The van der Waals surface area contributed by atoms with Crippen molar-refractivity contribution < 1.29 is 4.79 Å². The van der Waals surface area contributed by atoms with Crippen LogP contribution in [0.5, 0.6) is 0 Å². The molecule has 0 aliphatic heterocycles. The Morgan fingerprint density at radius 1 is 1.03 bits per heavy atom. The standard InChI is InChI=1S/C33H37Cl2N3O/c1-32(2)22-13-14-33(3,18-22)31(32)36-30(39)28-25-16-21-15-20(19-7-5-4-6-8-19)9-11-24(21)29(25)38(37-28)27-12-10-23(34)17-26(27)35/h9-12,15,17,19,22,31H,4-8,13-14,16,18H2,1-3H3,(H,36,39)/t22?,31?,33-/m0/s1. The van der Waals surface area contributed by atoms with E-state index in [0.717, 1.165) is 22.5 Å². The van der Waals surface area contributed by atoms with Gasteiger partial charge in [0.25, 0.3) is 5.91 Å². The quantitative estimate of drug-likeness (QED) is 0.270. The number of benzene rings is 2. The van der Waals surface area contributed by atoms with E-state index in [9.17, 15) is 4.79 Å². The van der Waals surface area contributed by atoms with Gasteiger partial charge < -0.3 is 5.32 Å². The molecule has 4 nitrogen and oxygen atoms in total. The van der Waals surface area contributed by atoms with Crippen molar-refractivity contribution in [3.63, 3.8) is 0 Å². The molecule has 7 rings (SSSR count). The molecule has 3 aromatic rings. The minimum absolute atomic E-state index is 0.0674. The third-order valence-electron chi connectivity index (χ3n) is 10.7. The Morgan fingerprint density at radius 2 is 1.82 bits per heavy atom. The third-order valence-corrected chi connectivity index (χ3v) is 11.2. The fourth-order valence-corrected chi connectivity index (χ4v) is 9.13. The van der Waals surface area contributed by atoms with Crippen LogP contribution in [0.25, 0.3) is 16.9 Å². The Balaban J connectivity index is 1.30. The van der Waals surface area contributed by atoms with Gasteiger partial charge in [0.2, 0.25) is 0 Å². The molecule has 3 fully saturated rings. The topological polar surface area (TPSA) is 46.9 Å². The molecule has 2 aromatic carbocycles. The summed E-state index contributed by atoms with van der Waals surface area (Å²) in [5.74, 6) is 1.23. The molecule has 1 amide bonds. The van der Waals surface area contributed by atoms with Crippen LogP contribution in [0.15, 0.2) is 36.4 Å². The summed E-state index contributed by atoms with van der Waals surface area (Å²) in [6.07, 6.45) is 10.8. The van der Waals surface area contributed by atoms with E-state index in [1.165, 1.54) is 62.5 Å². The minimum atomic E-state index is -0.0674. The lowest BCUT2D eigenvalue weighted by Crippen LogP contribution is -2.52. The molecule has 3 saturated carbocycles. The van der Waals surface area contributed by atoms with Gasteiger partial charge in [-0.2, -0.15) is 5.10 Å². The highest BCUT2D eigenvalue weighted by molar-refractivity contribution is 6.35. The van der Waals surface area contributed by atoms with Crippen LogP contribution in [-0.2, 0) is 6.42 Å².